The minimum Gasteiger partial charge on any atom is -0.508 e. The summed E-state index contributed by atoms with van der Waals surface area (Å²) < 4.78 is 0. The summed E-state index contributed by atoms with van der Waals surface area (Å²) in [5.41, 5.74) is 3.41. The van der Waals surface area contributed by atoms with Crippen molar-refractivity contribution in [2.75, 3.05) is 0 Å². The molecule has 0 fully saturated rings. The minimum absolute atomic E-state index is 0.0183. The highest BCUT2D eigenvalue weighted by Crippen LogP contribution is 2.30. The van der Waals surface area contributed by atoms with Gasteiger partial charge in [-0.3, -0.25) is 4.79 Å². The van der Waals surface area contributed by atoms with Gasteiger partial charge in [0.2, 0.25) is 0 Å². The van der Waals surface area contributed by atoms with Crippen molar-refractivity contribution in [3.8, 4) is 5.75 Å². The predicted octanol–water partition coefficient (Wildman–Crippen LogP) is 3.21. The van der Waals surface area contributed by atoms with Crippen molar-refractivity contribution in [2.24, 2.45) is 0 Å². The van der Waals surface area contributed by atoms with Crippen LogP contribution in [-0.2, 0) is 6.42 Å². The average Bonchev–Trinajstić information content (AvgIpc) is 2.68. The third kappa shape index (κ3) is 1.82. The molecule has 2 heteroatoms. The molecule has 0 aromatic heterocycles. The number of hydrogen-bond acceptors (Lipinski definition) is 2. The van der Waals surface area contributed by atoms with Crippen LogP contribution < -0.4 is 0 Å². The maximum Gasteiger partial charge on any atom is 0.189 e. The Morgan fingerprint density at radius 1 is 1.06 bits per heavy atom. The maximum atomic E-state index is 12.2. The lowest BCUT2D eigenvalue weighted by atomic mass is 10.1. The molecule has 0 spiro atoms. The molecule has 2 aromatic carbocycles. The SMILES string of the molecule is O=C1/C(=C\c2ccccc2)Cc2ccc(O)cc21. The molecule has 0 amide bonds. The van der Waals surface area contributed by atoms with Crippen LogP contribution in [0.25, 0.3) is 6.08 Å². The lowest BCUT2D eigenvalue weighted by molar-refractivity contribution is 0.104. The lowest BCUT2D eigenvalue weighted by Gasteiger charge is -1.96. The molecule has 0 heterocycles. The van der Waals surface area contributed by atoms with Crippen molar-refractivity contribution in [2.45, 2.75) is 6.42 Å². The van der Waals surface area contributed by atoms with Crippen molar-refractivity contribution < 1.29 is 9.90 Å². The Morgan fingerprint density at radius 2 is 1.83 bits per heavy atom. The highest BCUT2D eigenvalue weighted by Gasteiger charge is 2.24. The van der Waals surface area contributed by atoms with Gasteiger partial charge in [0, 0.05) is 17.6 Å². The van der Waals surface area contributed by atoms with Crippen LogP contribution in [0.4, 0.5) is 0 Å². The fraction of sp³-hybridized carbons (Fsp3) is 0.0625. The number of benzene rings is 2. The van der Waals surface area contributed by atoms with Gasteiger partial charge < -0.3 is 5.11 Å². The summed E-state index contributed by atoms with van der Waals surface area (Å²) in [7, 11) is 0. The first kappa shape index (κ1) is 10.8. The number of carbonyl (C=O) groups excluding carboxylic acids is 1. The van der Waals surface area contributed by atoms with Crippen LogP contribution in [-0.4, -0.2) is 10.9 Å². The van der Waals surface area contributed by atoms with Crippen molar-refractivity contribution in [3.63, 3.8) is 0 Å². The van der Waals surface area contributed by atoms with Crippen LogP contribution in [0.2, 0.25) is 0 Å². The molecule has 1 aliphatic carbocycles. The number of phenols is 1. The van der Waals surface area contributed by atoms with Crippen LogP contribution in [0.5, 0.6) is 5.75 Å². The standard InChI is InChI=1S/C16H12O2/c17-14-7-6-12-9-13(16(18)15(12)10-14)8-11-4-2-1-3-5-11/h1-8,10,17H,9H2/b13-8-. The van der Waals surface area contributed by atoms with E-state index in [1.807, 2.05) is 42.5 Å². The van der Waals surface area contributed by atoms with E-state index >= 15 is 0 Å². The second-order valence-electron chi connectivity index (χ2n) is 4.43. The van der Waals surface area contributed by atoms with Crippen molar-refractivity contribution in [3.05, 3.63) is 70.8 Å². The zero-order chi connectivity index (χ0) is 12.5. The van der Waals surface area contributed by atoms with E-state index in [1.54, 1.807) is 12.1 Å². The molecule has 0 aliphatic heterocycles. The molecule has 0 radical (unpaired) electrons. The van der Waals surface area contributed by atoms with Crippen molar-refractivity contribution in [1.82, 2.24) is 0 Å². The van der Waals surface area contributed by atoms with E-state index < -0.39 is 0 Å². The Hall–Kier alpha value is -2.35. The fourth-order valence-corrected chi connectivity index (χ4v) is 2.26. The summed E-state index contributed by atoms with van der Waals surface area (Å²) in [5, 5.41) is 9.42. The highest BCUT2D eigenvalue weighted by molar-refractivity contribution is 6.15. The third-order valence-corrected chi connectivity index (χ3v) is 3.15. The number of hydrogen-bond donors (Lipinski definition) is 1. The van der Waals surface area contributed by atoms with Crippen LogP contribution >= 0.6 is 0 Å². The number of fused-ring (bicyclic) bond motifs is 1. The molecule has 0 atom stereocenters. The number of carbonyl (C=O) groups is 1. The van der Waals surface area contributed by atoms with Crippen LogP contribution in [0, 0.1) is 0 Å². The van der Waals surface area contributed by atoms with E-state index in [0.29, 0.717) is 12.0 Å². The molecule has 2 nitrogen and oxygen atoms in total. The zero-order valence-electron chi connectivity index (χ0n) is 9.76. The number of phenolic OH excluding ortho intramolecular Hbond substituents is 1. The highest BCUT2D eigenvalue weighted by atomic mass is 16.3. The molecule has 0 saturated heterocycles. The van der Waals surface area contributed by atoms with Crippen LogP contribution in [0.3, 0.4) is 0 Å². The summed E-state index contributed by atoms with van der Waals surface area (Å²) in [6.07, 6.45) is 2.56. The largest absolute Gasteiger partial charge is 0.508 e. The Morgan fingerprint density at radius 3 is 2.61 bits per heavy atom. The fourth-order valence-electron chi connectivity index (χ4n) is 2.26. The van der Waals surface area contributed by atoms with Crippen molar-refractivity contribution in [1.29, 1.82) is 0 Å². The smallest absolute Gasteiger partial charge is 0.189 e. The molecular formula is C16H12O2. The van der Waals surface area contributed by atoms with Gasteiger partial charge in [-0.1, -0.05) is 36.4 Å². The Kier molecular flexibility index (Phi) is 2.49. The molecule has 88 valence electrons. The predicted molar refractivity (Wildman–Crippen MR) is 70.6 cm³/mol. The summed E-state index contributed by atoms with van der Waals surface area (Å²) in [5.74, 6) is 0.160. The number of rotatable bonds is 1. The Balaban J connectivity index is 2.00. The van der Waals surface area contributed by atoms with Gasteiger partial charge in [-0.25, -0.2) is 0 Å². The number of Topliss-reactive ketones (excluding diaryl/α,β-unsaturated/α-hetero) is 1. The molecular weight excluding hydrogens is 224 g/mol. The van der Waals surface area contributed by atoms with E-state index in [-0.39, 0.29) is 11.5 Å². The first-order valence-corrected chi connectivity index (χ1v) is 5.86. The van der Waals surface area contributed by atoms with Gasteiger partial charge in [-0.15, -0.1) is 0 Å². The summed E-state index contributed by atoms with van der Waals surface area (Å²) in [6.45, 7) is 0. The van der Waals surface area contributed by atoms with Gasteiger partial charge in [0.15, 0.2) is 5.78 Å². The summed E-state index contributed by atoms with van der Waals surface area (Å²) in [4.78, 5) is 12.2. The average molecular weight is 236 g/mol. The minimum atomic E-state index is 0.0183. The van der Waals surface area contributed by atoms with Crippen molar-refractivity contribution >= 4 is 11.9 Å². The third-order valence-electron chi connectivity index (χ3n) is 3.15. The van der Waals surface area contributed by atoms with E-state index in [0.717, 1.165) is 16.7 Å². The van der Waals surface area contributed by atoms with Gasteiger partial charge in [0.1, 0.15) is 5.75 Å². The van der Waals surface area contributed by atoms with E-state index in [1.165, 1.54) is 0 Å². The van der Waals surface area contributed by atoms with E-state index in [9.17, 15) is 9.90 Å². The monoisotopic (exact) mass is 236 g/mol. The molecule has 0 unspecified atom stereocenters. The molecule has 1 N–H and O–H groups in total. The molecule has 18 heavy (non-hydrogen) atoms. The van der Waals surface area contributed by atoms with Crippen LogP contribution in [0.1, 0.15) is 21.5 Å². The first-order valence-electron chi connectivity index (χ1n) is 5.86. The normalized spacial score (nSPS) is 16.0. The van der Waals surface area contributed by atoms with E-state index in [4.69, 9.17) is 0 Å². The zero-order valence-corrected chi connectivity index (χ0v) is 9.76. The van der Waals surface area contributed by atoms with Gasteiger partial charge >= 0.3 is 0 Å². The molecule has 2 aromatic rings. The Bertz CT molecular complexity index is 639. The van der Waals surface area contributed by atoms with Gasteiger partial charge in [0.05, 0.1) is 0 Å². The van der Waals surface area contributed by atoms with Gasteiger partial charge in [-0.2, -0.15) is 0 Å². The van der Waals surface area contributed by atoms with Gasteiger partial charge in [0.25, 0.3) is 0 Å². The molecule has 1 aliphatic rings. The van der Waals surface area contributed by atoms with E-state index in [2.05, 4.69) is 0 Å². The van der Waals surface area contributed by atoms with Gasteiger partial charge in [-0.05, 0) is 29.3 Å². The quantitative estimate of drug-likeness (QED) is 0.772. The molecule has 0 bridgehead atoms. The number of allylic oxidation sites excluding steroid dienone is 1. The maximum absolute atomic E-state index is 12.2. The first-order chi connectivity index (χ1) is 8.74. The topological polar surface area (TPSA) is 37.3 Å². The second kappa shape index (κ2) is 4.15. The summed E-state index contributed by atoms with van der Waals surface area (Å²) in [6, 6.07) is 14.8. The Labute approximate surface area is 105 Å². The molecule has 3 rings (SSSR count). The van der Waals surface area contributed by atoms with Crippen LogP contribution in [0.15, 0.2) is 54.1 Å². The second-order valence-corrected chi connectivity index (χ2v) is 4.43. The summed E-state index contributed by atoms with van der Waals surface area (Å²) >= 11 is 0. The lowest BCUT2D eigenvalue weighted by Crippen LogP contribution is -1.94. The molecule has 0 saturated carbocycles. The number of ketones is 1. The number of aromatic hydroxyl groups is 1.